The number of rotatable bonds is 10. The molecule has 2 unspecified atom stereocenters. The number of ether oxygens (including phenoxy) is 1. The van der Waals surface area contributed by atoms with Crippen molar-refractivity contribution in [3.05, 3.63) is 60.2 Å². The van der Waals surface area contributed by atoms with Crippen LogP contribution in [0.2, 0.25) is 0 Å². The lowest BCUT2D eigenvalue weighted by atomic mass is 9.92. The minimum absolute atomic E-state index is 0.277. The van der Waals surface area contributed by atoms with Crippen LogP contribution in [-0.2, 0) is 26.7 Å². The molecule has 2 heterocycles. The van der Waals surface area contributed by atoms with E-state index < -0.39 is 27.3 Å². The Kier molecular flexibility index (Phi) is 8.40. The van der Waals surface area contributed by atoms with Gasteiger partial charge in [0.1, 0.15) is 34.7 Å². The SMILES string of the molecule is CC1CC1CN(C)c1cc(-c2coc([C@@](C)(Cc3ccccc3)NC(=O)OC(C)(C)C)n2)cc(N(C)S(C)(=O)=O)n1. The number of benzene rings is 1. The fourth-order valence-corrected chi connectivity index (χ4v) is 5.07. The van der Waals surface area contributed by atoms with Crippen LogP contribution in [0.4, 0.5) is 16.4 Å². The van der Waals surface area contributed by atoms with Crippen LogP contribution in [0.15, 0.2) is 53.1 Å². The fraction of sp³-hybridized carbons (Fsp3) is 0.500. The highest BCUT2D eigenvalue weighted by Gasteiger charge is 2.37. The second-order valence-electron chi connectivity index (χ2n) is 12.3. The van der Waals surface area contributed by atoms with E-state index >= 15 is 0 Å². The van der Waals surface area contributed by atoms with E-state index in [1.165, 1.54) is 13.3 Å². The molecule has 2 aromatic heterocycles. The maximum atomic E-state index is 12.9. The zero-order valence-electron chi connectivity index (χ0n) is 25.1. The van der Waals surface area contributed by atoms with E-state index in [4.69, 9.17) is 14.1 Å². The number of amides is 1. The molecule has 1 aromatic carbocycles. The lowest BCUT2D eigenvalue weighted by Crippen LogP contribution is -2.47. The first-order valence-corrected chi connectivity index (χ1v) is 15.6. The summed E-state index contributed by atoms with van der Waals surface area (Å²) in [5.74, 6) is 2.45. The molecule has 10 nitrogen and oxygen atoms in total. The predicted octanol–water partition coefficient (Wildman–Crippen LogP) is 5.21. The second-order valence-corrected chi connectivity index (χ2v) is 14.3. The van der Waals surface area contributed by atoms with Crippen LogP contribution in [0.25, 0.3) is 11.3 Å². The first-order valence-electron chi connectivity index (χ1n) is 13.7. The molecule has 11 heteroatoms. The monoisotopic (exact) mass is 583 g/mol. The van der Waals surface area contributed by atoms with E-state index in [9.17, 15) is 13.2 Å². The maximum Gasteiger partial charge on any atom is 0.408 e. The van der Waals surface area contributed by atoms with Gasteiger partial charge in [-0.05, 0) is 63.6 Å². The Bertz CT molecular complexity index is 1480. The third-order valence-corrected chi connectivity index (χ3v) is 8.43. The molecule has 1 aliphatic rings. The molecular formula is C30H41N5O5S. The van der Waals surface area contributed by atoms with E-state index in [2.05, 4.69) is 17.2 Å². The number of nitrogens with zero attached hydrogens (tertiary/aromatic N) is 4. The number of carbonyl (C=O) groups excluding carboxylic acids is 1. The van der Waals surface area contributed by atoms with Gasteiger partial charge in [0.25, 0.3) is 0 Å². The first kappa shape index (κ1) is 30.4. The van der Waals surface area contributed by atoms with Gasteiger partial charge in [-0.2, -0.15) is 0 Å². The highest BCUT2D eigenvalue weighted by atomic mass is 32.2. The van der Waals surface area contributed by atoms with Crippen molar-refractivity contribution < 1.29 is 22.4 Å². The van der Waals surface area contributed by atoms with E-state index in [0.717, 1.165) is 29.1 Å². The molecule has 0 radical (unpaired) electrons. The average molecular weight is 584 g/mol. The van der Waals surface area contributed by atoms with Gasteiger partial charge in [-0.15, -0.1) is 0 Å². The van der Waals surface area contributed by atoms with Crippen molar-refractivity contribution in [2.24, 2.45) is 11.8 Å². The molecule has 1 amide bonds. The van der Waals surface area contributed by atoms with Crippen molar-refractivity contribution in [1.29, 1.82) is 0 Å². The number of alkyl carbamates (subject to hydrolysis) is 1. The molecule has 1 aliphatic carbocycles. The molecule has 0 spiro atoms. The Morgan fingerprint density at radius 1 is 1.10 bits per heavy atom. The molecule has 1 fully saturated rings. The standard InChI is InChI=1S/C30H41N5O5S/c1-20-14-23(20)18-34(6)25-15-22(16-26(32-25)35(7)41(8,37)38)24-19-39-27(31-24)30(5,17-21-12-10-9-11-13-21)33-28(36)40-29(2,3)4/h9-13,15-16,19-20,23H,14,17-18H2,1-8H3,(H,33,36)/t20?,23?,30-/m1/s1. The van der Waals surface area contributed by atoms with E-state index in [-0.39, 0.29) is 5.82 Å². The molecule has 1 saturated carbocycles. The minimum atomic E-state index is -3.55. The van der Waals surface area contributed by atoms with Crippen molar-refractivity contribution in [3.8, 4) is 11.3 Å². The number of nitrogens with one attached hydrogen (secondary N) is 1. The Balaban J connectivity index is 1.72. The van der Waals surface area contributed by atoms with Crippen LogP contribution in [0, 0.1) is 11.8 Å². The summed E-state index contributed by atoms with van der Waals surface area (Å²) < 4.78 is 37.5. The molecule has 3 aromatic rings. The summed E-state index contributed by atoms with van der Waals surface area (Å²) in [5.41, 5.74) is 0.392. The number of carbonyl (C=O) groups is 1. The molecule has 0 bridgehead atoms. The molecule has 0 saturated heterocycles. The predicted molar refractivity (Wildman–Crippen MR) is 160 cm³/mol. The summed E-state index contributed by atoms with van der Waals surface area (Å²) in [6.07, 6.45) is 3.63. The average Bonchev–Trinajstić information content (AvgIpc) is 3.33. The zero-order valence-corrected chi connectivity index (χ0v) is 25.9. The largest absolute Gasteiger partial charge is 0.446 e. The number of aromatic nitrogens is 2. The molecule has 1 N–H and O–H groups in total. The summed E-state index contributed by atoms with van der Waals surface area (Å²) in [6, 6.07) is 13.3. The van der Waals surface area contributed by atoms with Crippen molar-refractivity contribution in [2.45, 2.75) is 58.6 Å². The normalized spacial score (nSPS) is 18.3. The van der Waals surface area contributed by atoms with Crippen molar-refractivity contribution in [2.75, 3.05) is 36.1 Å². The number of hydrogen-bond acceptors (Lipinski definition) is 8. The Morgan fingerprint density at radius 3 is 2.32 bits per heavy atom. The molecule has 0 aliphatic heterocycles. The number of pyridine rings is 1. The van der Waals surface area contributed by atoms with Crippen molar-refractivity contribution in [3.63, 3.8) is 0 Å². The Hall–Kier alpha value is -3.60. The van der Waals surface area contributed by atoms with Gasteiger partial charge < -0.3 is 19.4 Å². The van der Waals surface area contributed by atoms with Crippen molar-refractivity contribution in [1.82, 2.24) is 15.3 Å². The quantitative estimate of drug-likeness (QED) is 0.346. The van der Waals surface area contributed by atoms with Crippen LogP contribution in [0.5, 0.6) is 0 Å². The highest BCUT2D eigenvalue weighted by Crippen LogP contribution is 2.39. The van der Waals surface area contributed by atoms with Crippen LogP contribution >= 0.6 is 0 Å². The third kappa shape index (κ3) is 7.78. The Labute approximate surface area is 243 Å². The summed E-state index contributed by atoms with van der Waals surface area (Å²) in [4.78, 5) is 24.4. The van der Waals surface area contributed by atoms with Gasteiger partial charge in [0.05, 0.1) is 6.26 Å². The second kappa shape index (κ2) is 11.3. The van der Waals surface area contributed by atoms with E-state index in [1.54, 1.807) is 26.8 Å². The zero-order chi connectivity index (χ0) is 30.2. The van der Waals surface area contributed by atoms with Gasteiger partial charge in [0, 0.05) is 32.6 Å². The topological polar surface area (TPSA) is 118 Å². The number of sulfonamides is 1. The maximum absolute atomic E-state index is 12.9. The van der Waals surface area contributed by atoms with Crippen LogP contribution in [-0.4, -0.2) is 57.0 Å². The van der Waals surface area contributed by atoms with Crippen LogP contribution in [0.1, 0.15) is 52.5 Å². The molecule has 222 valence electrons. The fourth-order valence-electron chi connectivity index (χ4n) is 4.64. The minimum Gasteiger partial charge on any atom is -0.446 e. The highest BCUT2D eigenvalue weighted by molar-refractivity contribution is 7.92. The van der Waals surface area contributed by atoms with Gasteiger partial charge in [-0.3, -0.25) is 4.31 Å². The smallest absolute Gasteiger partial charge is 0.408 e. The molecular weight excluding hydrogens is 542 g/mol. The first-order chi connectivity index (χ1) is 19.0. The van der Waals surface area contributed by atoms with Gasteiger partial charge in [-0.25, -0.2) is 23.2 Å². The lowest BCUT2D eigenvalue weighted by molar-refractivity contribution is 0.0443. The van der Waals surface area contributed by atoms with Gasteiger partial charge in [0.15, 0.2) is 0 Å². The van der Waals surface area contributed by atoms with Gasteiger partial charge in [0.2, 0.25) is 15.9 Å². The molecule has 4 rings (SSSR count). The van der Waals surface area contributed by atoms with Gasteiger partial charge >= 0.3 is 6.09 Å². The summed E-state index contributed by atoms with van der Waals surface area (Å²) in [6.45, 7) is 10.3. The van der Waals surface area contributed by atoms with Gasteiger partial charge in [-0.1, -0.05) is 37.3 Å². The van der Waals surface area contributed by atoms with E-state index in [1.807, 2.05) is 55.3 Å². The summed E-state index contributed by atoms with van der Waals surface area (Å²) in [5, 5.41) is 2.97. The van der Waals surface area contributed by atoms with Crippen LogP contribution < -0.4 is 14.5 Å². The summed E-state index contributed by atoms with van der Waals surface area (Å²) >= 11 is 0. The number of anilines is 2. The number of hydrogen-bond donors (Lipinski definition) is 1. The molecule has 41 heavy (non-hydrogen) atoms. The van der Waals surface area contributed by atoms with Crippen LogP contribution in [0.3, 0.4) is 0 Å². The van der Waals surface area contributed by atoms with E-state index in [0.29, 0.717) is 41.2 Å². The van der Waals surface area contributed by atoms with Crippen molar-refractivity contribution >= 4 is 27.8 Å². The number of oxazole rings is 1. The Morgan fingerprint density at radius 2 is 1.73 bits per heavy atom. The molecule has 3 atom stereocenters. The lowest BCUT2D eigenvalue weighted by Gasteiger charge is -2.29. The third-order valence-electron chi connectivity index (χ3n) is 7.24. The summed E-state index contributed by atoms with van der Waals surface area (Å²) in [7, 11) is -0.119.